The Labute approximate surface area is 195 Å². The Morgan fingerprint density at radius 1 is 0.909 bits per heavy atom. The summed E-state index contributed by atoms with van der Waals surface area (Å²) in [5.41, 5.74) is 3.37. The van der Waals surface area contributed by atoms with Crippen molar-refractivity contribution < 1.29 is 22.7 Å². The zero-order chi connectivity index (χ0) is 22.9. The zero-order valence-corrected chi connectivity index (χ0v) is 19.7. The molecule has 0 spiro atoms. The van der Waals surface area contributed by atoms with Crippen LogP contribution < -0.4 is 14.8 Å². The second-order valence-corrected chi connectivity index (χ2v) is 11.6. The van der Waals surface area contributed by atoms with Gasteiger partial charge in [0.15, 0.2) is 21.3 Å². The summed E-state index contributed by atoms with van der Waals surface area (Å²) in [4.78, 5) is 13.0. The van der Waals surface area contributed by atoms with Crippen molar-refractivity contribution in [2.75, 3.05) is 25.5 Å². The van der Waals surface area contributed by atoms with Gasteiger partial charge in [-0.25, -0.2) is 8.42 Å². The van der Waals surface area contributed by atoms with Gasteiger partial charge >= 0.3 is 0 Å². The van der Waals surface area contributed by atoms with E-state index in [-0.39, 0.29) is 23.5 Å². The summed E-state index contributed by atoms with van der Waals surface area (Å²) >= 11 is 0. The number of carbonyl (C=O) groups excluding carboxylic acids is 1. The van der Waals surface area contributed by atoms with E-state index in [2.05, 4.69) is 11.4 Å². The van der Waals surface area contributed by atoms with Gasteiger partial charge in [0.2, 0.25) is 5.91 Å². The number of fused-ring (bicyclic) bond motifs is 2. The molecule has 1 heterocycles. The SMILES string of the molecule is O=C(CCS(=O)(=O)c1ccc2c(c1)CCC2)NCC1(c2ccc3c(c2)OCCO3)CCCC1. The summed E-state index contributed by atoms with van der Waals surface area (Å²) < 4.78 is 37.0. The van der Waals surface area contributed by atoms with Crippen molar-refractivity contribution in [2.45, 2.75) is 61.7 Å². The third-order valence-corrected chi connectivity index (χ3v) is 9.08. The molecular formula is C26H31NO5S. The van der Waals surface area contributed by atoms with Crippen molar-refractivity contribution in [1.29, 1.82) is 0 Å². The maximum absolute atomic E-state index is 12.8. The molecule has 0 unspecified atom stereocenters. The number of aryl methyl sites for hydroxylation is 2. The molecule has 0 atom stereocenters. The van der Waals surface area contributed by atoms with Crippen LogP contribution >= 0.6 is 0 Å². The number of ether oxygens (including phenoxy) is 2. The fraction of sp³-hybridized carbons (Fsp3) is 0.500. The van der Waals surface area contributed by atoms with E-state index in [1.54, 1.807) is 12.1 Å². The van der Waals surface area contributed by atoms with Crippen LogP contribution in [0.25, 0.3) is 0 Å². The van der Waals surface area contributed by atoms with Crippen LogP contribution in [0.15, 0.2) is 41.3 Å². The molecule has 1 amide bonds. The van der Waals surface area contributed by atoms with Crippen molar-refractivity contribution in [1.82, 2.24) is 5.32 Å². The van der Waals surface area contributed by atoms with Gasteiger partial charge < -0.3 is 14.8 Å². The lowest BCUT2D eigenvalue weighted by molar-refractivity contribution is -0.121. The first-order chi connectivity index (χ1) is 16.0. The smallest absolute Gasteiger partial charge is 0.221 e. The highest BCUT2D eigenvalue weighted by Crippen LogP contribution is 2.43. The van der Waals surface area contributed by atoms with Crippen LogP contribution in [-0.2, 0) is 32.9 Å². The number of carbonyl (C=O) groups is 1. The lowest BCUT2D eigenvalue weighted by Crippen LogP contribution is -2.39. The third kappa shape index (κ3) is 4.60. The molecular weight excluding hydrogens is 438 g/mol. The van der Waals surface area contributed by atoms with Gasteiger partial charge in [-0.2, -0.15) is 0 Å². The van der Waals surface area contributed by atoms with E-state index in [0.29, 0.717) is 24.7 Å². The second kappa shape index (κ2) is 9.01. The van der Waals surface area contributed by atoms with Gasteiger partial charge in [0.1, 0.15) is 13.2 Å². The minimum absolute atomic E-state index is 0.0311. The van der Waals surface area contributed by atoms with Crippen molar-refractivity contribution in [3.05, 3.63) is 53.1 Å². The minimum Gasteiger partial charge on any atom is -0.486 e. The normalized spacial score (nSPS) is 18.7. The van der Waals surface area contributed by atoms with E-state index < -0.39 is 9.84 Å². The van der Waals surface area contributed by atoms with Crippen LogP contribution in [0.5, 0.6) is 11.5 Å². The molecule has 33 heavy (non-hydrogen) atoms. The van der Waals surface area contributed by atoms with Crippen LogP contribution in [0.2, 0.25) is 0 Å². The highest BCUT2D eigenvalue weighted by Gasteiger charge is 2.37. The first-order valence-corrected chi connectivity index (χ1v) is 13.6. The fourth-order valence-corrected chi connectivity index (χ4v) is 6.72. The lowest BCUT2D eigenvalue weighted by Gasteiger charge is -2.31. The molecule has 0 saturated heterocycles. The van der Waals surface area contributed by atoms with Gasteiger partial charge in [-0.1, -0.05) is 25.0 Å². The highest BCUT2D eigenvalue weighted by molar-refractivity contribution is 7.91. The van der Waals surface area contributed by atoms with E-state index in [1.165, 1.54) is 5.56 Å². The number of amides is 1. The van der Waals surface area contributed by atoms with E-state index in [9.17, 15) is 13.2 Å². The maximum Gasteiger partial charge on any atom is 0.221 e. The molecule has 7 heteroatoms. The second-order valence-electron chi connectivity index (χ2n) is 9.48. The Hall–Kier alpha value is -2.54. The molecule has 0 aromatic heterocycles. The molecule has 2 aromatic carbocycles. The number of hydrogen-bond acceptors (Lipinski definition) is 5. The average molecular weight is 470 g/mol. The van der Waals surface area contributed by atoms with Gasteiger partial charge in [0.05, 0.1) is 10.6 Å². The van der Waals surface area contributed by atoms with E-state index in [1.807, 2.05) is 18.2 Å². The predicted octanol–water partition coefficient (Wildman–Crippen LogP) is 3.74. The molecule has 2 aliphatic carbocycles. The van der Waals surface area contributed by atoms with E-state index in [4.69, 9.17) is 9.47 Å². The maximum atomic E-state index is 12.8. The highest BCUT2D eigenvalue weighted by atomic mass is 32.2. The topological polar surface area (TPSA) is 81.7 Å². The van der Waals surface area contributed by atoms with Gasteiger partial charge in [-0.15, -0.1) is 0 Å². The summed E-state index contributed by atoms with van der Waals surface area (Å²) in [7, 11) is -3.48. The molecule has 1 aliphatic heterocycles. The lowest BCUT2D eigenvalue weighted by atomic mass is 9.78. The van der Waals surface area contributed by atoms with Crippen LogP contribution in [0.4, 0.5) is 0 Å². The molecule has 0 bridgehead atoms. The molecule has 6 nitrogen and oxygen atoms in total. The van der Waals surface area contributed by atoms with Crippen LogP contribution in [-0.4, -0.2) is 39.8 Å². The van der Waals surface area contributed by atoms with Crippen molar-refractivity contribution in [3.8, 4) is 11.5 Å². The number of sulfone groups is 1. The van der Waals surface area contributed by atoms with E-state index in [0.717, 1.165) is 67.6 Å². The van der Waals surface area contributed by atoms with Gasteiger partial charge in [-0.3, -0.25) is 4.79 Å². The number of benzene rings is 2. The molecule has 3 aliphatic rings. The summed E-state index contributed by atoms with van der Waals surface area (Å²) in [6.07, 6.45) is 7.18. The molecule has 2 aromatic rings. The third-order valence-electron chi connectivity index (χ3n) is 7.37. The van der Waals surface area contributed by atoms with Crippen LogP contribution in [0.3, 0.4) is 0 Å². The van der Waals surface area contributed by atoms with Gasteiger partial charge in [0, 0.05) is 18.4 Å². The standard InChI is InChI=1S/C26H31NO5S/c28-25(10-15-33(29,30)22-8-6-19-4-3-5-20(19)16-22)27-18-26(11-1-2-12-26)21-7-9-23-24(17-21)32-14-13-31-23/h6-9,16-17H,1-5,10-15,18H2,(H,27,28). The largest absolute Gasteiger partial charge is 0.486 e. The first kappa shape index (κ1) is 22.3. The van der Waals surface area contributed by atoms with Gasteiger partial charge in [0.25, 0.3) is 0 Å². The van der Waals surface area contributed by atoms with Crippen molar-refractivity contribution >= 4 is 15.7 Å². The molecule has 176 valence electrons. The monoisotopic (exact) mass is 469 g/mol. The Kier molecular flexibility index (Phi) is 6.08. The Balaban J connectivity index is 1.22. The molecule has 5 rings (SSSR count). The summed E-state index contributed by atoms with van der Waals surface area (Å²) in [5, 5.41) is 3.03. The number of rotatable bonds is 7. The quantitative estimate of drug-likeness (QED) is 0.668. The number of hydrogen-bond donors (Lipinski definition) is 1. The average Bonchev–Trinajstić information content (AvgIpc) is 3.51. The van der Waals surface area contributed by atoms with Gasteiger partial charge in [-0.05, 0) is 73.1 Å². The predicted molar refractivity (Wildman–Crippen MR) is 126 cm³/mol. The molecule has 0 radical (unpaired) electrons. The van der Waals surface area contributed by atoms with Crippen LogP contribution in [0, 0.1) is 0 Å². The minimum atomic E-state index is -3.48. The molecule has 1 saturated carbocycles. The summed E-state index contributed by atoms with van der Waals surface area (Å²) in [6.45, 7) is 1.60. The van der Waals surface area contributed by atoms with Crippen molar-refractivity contribution in [3.63, 3.8) is 0 Å². The Morgan fingerprint density at radius 2 is 1.67 bits per heavy atom. The molecule has 1 fully saturated rings. The summed E-state index contributed by atoms with van der Waals surface area (Å²) in [6, 6.07) is 11.5. The van der Waals surface area contributed by atoms with E-state index >= 15 is 0 Å². The Morgan fingerprint density at radius 3 is 2.48 bits per heavy atom. The first-order valence-electron chi connectivity index (χ1n) is 12.0. The van der Waals surface area contributed by atoms with Crippen molar-refractivity contribution in [2.24, 2.45) is 0 Å². The van der Waals surface area contributed by atoms with Crippen LogP contribution in [0.1, 0.15) is 55.2 Å². The zero-order valence-electron chi connectivity index (χ0n) is 18.9. The Bertz CT molecular complexity index is 1150. The number of nitrogens with one attached hydrogen (secondary N) is 1. The summed E-state index contributed by atoms with van der Waals surface area (Å²) in [5.74, 6) is 1.13. The fourth-order valence-electron chi connectivity index (χ4n) is 5.44. The molecule has 1 N–H and O–H groups in total.